The van der Waals surface area contributed by atoms with Gasteiger partial charge >= 0.3 is 5.97 Å². The normalized spacial score (nSPS) is 12.2. The molecule has 0 aromatic rings. The summed E-state index contributed by atoms with van der Waals surface area (Å²) in [6.07, 6.45) is 2.18. The van der Waals surface area contributed by atoms with Crippen molar-refractivity contribution in [1.82, 2.24) is 0 Å². The number of carbonyl (C=O) groups is 1. The Morgan fingerprint density at radius 1 is 1.54 bits per heavy atom. The van der Waals surface area contributed by atoms with Crippen LogP contribution in [0.2, 0.25) is 0 Å². The number of hydrogen-bond acceptors (Lipinski definition) is 3. The number of carbonyl (C=O) groups excluding carboxylic acids is 1. The SMILES string of the molecule is C=C(C)C(=O)OCOC(C)CCC. The predicted molar refractivity (Wildman–Crippen MR) is 51.2 cm³/mol. The van der Waals surface area contributed by atoms with Crippen LogP contribution < -0.4 is 0 Å². The van der Waals surface area contributed by atoms with E-state index < -0.39 is 5.97 Å². The highest BCUT2D eigenvalue weighted by Crippen LogP contribution is 2.01. The van der Waals surface area contributed by atoms with E-state index >= 15 is 0 Å². The summed E-state index contributed by atoms with van der Waals surface area (Å²) in [4.78, 5) is 10.9. The molecule has 0 aromatic heterocycles. The summed E-state index contributed by atoms with van der Waals surface area (Å²) in [5, 5.41) is 0. The summed E-state index contributed by atoms with van der Waals surface area (Å²) < 4.78 is 9.98. The molecule has 0 aliphatic carbocycles. The van der Waals surface area contributed by atoms with E-state index in [0.717, 1.165) is 12.8 Å². The third-order valence-corrected chi connectivity index (χ3v) is 1.59. The van der Waals surface area contributed by atoms with Crippen molar-refractivity contribution in [3.05, 3.63) is 12.2 Å². The Hall–Kier alpha value is -0.830. The predicted octanol–water partition coefficient (Wildman–Crippen LogP) is 2.27. The lowest BCUT2D eigenvalue weighted by Gasteiger charge is -2.11. The lowest BCUT2D eigenvalue weighted by atomic mass is 10.2. The molecule has 1 unspecified atom stereocenters. The molecular formula is C10H18O3. The molecule has 0 rings (SSSR count). The fraction of sp³-hybridized carbons (Fsp3) is 0.700. The zero-order valence-electron chi connectivity index (χ0n) is 8.63. The molecule has 3 heteroatoms. The second-order valence-corrected chi connectivity index (χ2v) is 3.10. The van der Waals surface area contributed by atoms with Gasteiger partial charge in [0.25, 0.3) is 0 Å². The molecule has 0 bridgehead atoms. The summed E-state index contributed by atoms with van der Waals surface area (Å²) in [6, 6.07) is 0. The van der Waals surface area contributed by atoms with Gasteiger partial charge in [0.05, 0.1) is 6.10 Å². The molecule has 0 heterocycles. The number of esters is 1. The summed E-state index contributed by atoms with van der Waals surface area (Å²) in [6.45, 7) is 9.13. The van der Waals surface area contributed by atoms with Gasteiger partial charge < -0.3 is 9.47 Å². The highest BCUT2D eigenvalue weighted by Gasteiger charge is 2.04. The van der Waals surface area contributed by atoms with E-state index in [1.807, 2.05) is 6.92 Å². The van der Waals surface area contributed by atoms with Gasteiger partial charge in [-0.1, -0.05) is 19.9 Å². The molecule has 1 atom stereocenters. The average molecular weight is 186 g/mol. The lowest BCUT2D eigenvalue weighted by molar-refractivity contribution is -0.155. The van der Waals surface area contributed by atoms with Crippen molar-refractivity contribution >= 4 is 5.97 Å². The molecule has 0 radical (unpaired) electrons. The van der Waals surface area contributed by atoms with Gasteiger partial charge in [-0.2, -0.15) is 0 Å². The number of ether oxygens (including phenoxy) is 2. The Labute approximate surface area is 79.7 Å². The molecule has 0 aliphatic rings. The van der Waals surface area contributed by atoms with Gasteiger partial charge in [-0.3, -0.25) is 0 Å². The van der Waals surface area contributed by atoms with Gasteiger partial charge in [-0.15, -0.1) is 0 Å². The van der Waals surface area contributed by atoms with Crippen LogP contribution >= 0.6 is 0 Å². The highest BCUT2D eigenvalue weighted by atomic mass is 16.7. The third-order valence-electron chi connectivity index (χ3n) is 1.59. The van der Waals surface area contributed by atoms with Crippen LogP contribution in [0.15, 0.2) is 12.2 Å². The van der Waals surface area contributed by atoms with Crippen molar-refractivity contribution in [2.24, 2.45) is 0 Å². The highest BCUT2D eigenvalue weighted by molar-refractivity contribution is 5.86. The molecule has 0 saturated heterocycles. The summed E-state index contributed by atoms with van der Waals surface area (Å²) >= 11 is 0. The van der Waals surface area contributed by atoms with E-state index in [1.54, 1.807) is 6.92 Å². The minimum absolute atomic E-state index is 0.0207. The van der Waals surface area contributed by atoms with Crippen LogP contribution in [0.4, 0.5) is 0 Å². The topological polar surface area (TPSA) is 35.5 Å². The third kappa shape index (κ3) is 6.34. The van der Waals surface area contributed by atoms with Gasteiger partial charge in [0.15, 0.2) is 6.79 Å². The smallest absolute Gasteiger partial charge is 0.335 e. The van der Waals surface area contributed by atoms with E-state index in [0.29, 0.717) is 5.57 Å². The van der Waals surface area contributed by atoms with Crippen LogP contribution in [-0.4, -0.2) is 18.9 Å². The molecular weight excluding hydrogens is 168 g/mol. The van der Waals surface area contributed by atoms with Gasteiger partial charge in [0.1, 0.15) is 0 Å². The Morgan fingerprint density at radius 2 is 2.15 bits per heavy atom. The average Bonchev–Trinajstić information content (AvgIpc) is 2.04. The van der Waals surface area contributed by atoms with Crippen LogP contribution in [0.3, 0.4) is 0 Å². The zero-order valence-corrected chi connectivity index (χ0v) is 8.63. The van der Waals surface area contributed by atoms with Crippen LogP contribution in [0.5, 0.6) is 0 Å². The Balaban J connectivity index is 3.44. The largest absolute Gasteiger partial charge is 0.435 e. The maximum Gasteiger partial charge on any atom is 0.335 e. The first-order valence-electron chi connectivity index (χ1n) is 4.52. The minimum Gasteiger partial charge on any atom is -0.435 e. The number of hydrogen-bond donors (Lipinski definition) is 0. The summed E-state index contributed by atoms with van der Waals surface area (Å²) in [7, 11) is 0. The molecule has 13 heavy (non-hydrogen) atoms. The zero-order chi connectivity index (χ0) is 10.3. The molecule has 0 amide bonds. The molecule has 0 aliphatic heterocycles. The fourth-order valence-corrected chi connectivity index (χ4v) is 0.817. The Kier molecular flexibility index (Phi) is 6.24. The summed E-state index contributed by atoms with van der Waals surface area (Å²) in [5.41, 5.74) is 0.395. The maximum absolute atomic E-state index is 10.9. The first-order valence-corrected chi connectivity index (χ1v) is 4.52. The second kappa shape index (κ2) is 6.66. The monoisotopic (exact) mass is 186 g/mol. The van der Waals surface area contributed by atoms with Gasteiger partial charge in [-0.05, 0) is 20.3 Å². The molecule has 76 valence electrons. The minimum atomic E-state index is -0.399. The Bertz CT molecular complexity index is 175. The Morgan fingerprint density at radius 3 is 2.62 bits per heavy atom. The van der Waals surface area contributed by atoms with E-state index in [1.165, 1.54) is 0 Å². The van der Waals surface area contributed by atoms with Crippen molar-refractivity contribution in [2.45, 2.75) is 39.7 Å². The van der Waals surface area contributed by atoms with Crippen molar-refractivity contribution in [1.29, 1.82) is 0 Å². The van der Waals surface area contributed by atoms with Crippen LogP contribution in [0.1, 0.15) is 33.6 Å². The molecule has 0 saturated carbocycles. The maximum atomic E-state index is 10.9. The van der Waals surface area contributed by atoms with E-state index in [2.05, 4.69) is 13.5 Å². The molecule has 3 nitrogen and oxygen atoms in total. The molecule has 0 N–H and O–H groups in total. The molecule has 0 fully saturated rings. The quantitative estimate of drug-likeness (QED) is 0.362. The van der Waals surface area contributed by atoms with E-state index in [4.69, 9.17) is 9.47 Å². The first kappa shape index (κ1) is 12.2. The van der Waals surface area contributed by atoms with Crippen molar-refractivity contribution in [3.63, 3.8) is 0 Å². The van der Waals surface area contributed by atoms with Crippen molar-refractivity contribution in [3.8, 4) is 0 Å². The van der Waals surface area contributed by atoms with Crippen LogP contribution in [0.25, 0.3) is 0 Å². The van der Waals surface area contributed by atoms with Crippen molar-refractivity contribution < 1.29 is 14.3 Å². The van der Waals surface area contributed by atoms with Gasteiger partial charge in [-0.25, -0.2) is 4.79 Å². The fourth-order valence-electron chi connectivity index (χ4n) is 0.817. The lowest BCUT2D eigenvalue weighted by Crippen LogP contribution is -2.14. The summed E-state index contributed by atoms with van der Waals surface area (Å²) in [5.74, 6) is -0.399. The van der Waals surface area contributed by atoms with E-state index in [9.17, 15) is 4.79 Å². The number of rotatable bonds is 6. The van der Waals surface area contributed by atoms with Crippen LogP contribution in [0, 0.1) is 0 Å². The molecule has 0 aromatic carbocycles. The second-order valence-electron chi connectivity index (χ2n) is 3.10. The first-order chi connectivity index (χ1) is 6.07. The van der Waals surface area contributed by atoms with E-state index in [-0.39, 0.29) is 12.9 Å². The van der Waals surface area contributed by atoms with Crippen molar-refractivity contribution in [2.75, 3.05) is 6.79 Å². The standard InChI is InChI=1S/C10H18O3/c1-5-6-9(4)12-7-13-10(11)8(2)3/h9H,2,5-7H2,1,3-4H3. The van der Waals surface area contributed by atoms with Gasteiger partial charge in [0, 0.05) is 5.57 Å². The van der Waals surface area contributed by atoms with Crippen LogP contribution in [-0.2, 0) is 14.3 Å². The molecule has 0 spiro atoms. The van der Waals surface area contributed by atoms with Gasteiger partial charge in [0.2, 0.25) is 0 Å².